The molecule has 0 radical (unpaired) electrons. The van der Waals surface area contributed by atoms with Gasteiger partial charge in [-0.3, -0.25) is 0 Å². The molecule has 7 nitrogen and oxygen atoms in total. The molecule has 3 heterocycles. The molecule has 0 unspecified atom stereocenters. The van der Waals surface area contributed by atoms with E-state index in [4.69, 9.17) is 20.9 Å². The Labute approximate surface area is 117 Å². The second-order valence-corrected chi connectivity index (χ2v) is 4.25. The lowest BCUT2D eigenvalue weighted by Gasteiger charge is -1.99. The summed E-state index contributed by atoms with van der Waals surface area (Å²) in [5.74, 6) is -0.671. The normalized spacial score (nSPS) is 10.9. The molecule has 0 aliphatic carbocycles. The van der Waals surface area contributed by atoms with E-state index in [1.807, 2.05) is 0 Å². The Kier molecular flexibility index (Phi) is 3.11. The zero-order valence-corrected chi connectivity index (χ0v) is 11.1. The van der Waals surface area contributed by atoms with E-state index in [1.54, 1.807) is 19.2 Å². The summed E-state index contributed by atoms with van der Waals surface area (Å²) in [6, 6.07) is 1.79. The summed E-state index contributed by atoms with van der Waals surface area (Å²) in [7, 11) is 0. The zero-order valence-electron chi connectivity index (χ0n) is 10.4. The summed E-state index contributed by atoms with van der Waals surface area (Å²) in [4.78, 5) is 22.6. The molecule has 1 N–H and O–H groups in total. The van der Waals surface area contributed by atoms with Crippen LogP contribution in [0.25, 0.3) is 22.5 Å². The largest absolute Gasteiger partial charge is 0.460 e. The Balaban J connectivity index is 2.03. The maximum Gasteiger partial charge on any atom is 0.379 e. The molecule has 102 valence electrons. The molecule has 0 spiro atoms. The summed E-state index contributed by atoms with van der Waals surface area (Å²) in [5.41, 5.74) is 1.12. The Morgan fingerprint density at radius 3 is 3.20 bits per heavy atom. The highest BCUT2D eigenvalue weighted by molar-refractivity contribution is 6.37. The third-order valence-electron chi connectivity index (χ3n) is 2.64. The van der Waals surface area contributed by atoms with Crippen molar-refractivity contribution in [1.82, 2.24) is 20.1 Å². The van der Waals surface area contributed by atoms with Crippen LogP contribution in [0.3, 0.4) is 0 Å². The molecular weight excluding hydrogens is 284 g/mol. The van der Waals surface area contributed by atoms with Crippen LogP contribution in [0, 0.1) is 0 Å². The van der Waals surface area contributed by atoms with Gasteiger partial charge in [-0.05, 0) is 18.1 Å². The third kappa shape index (κ3) is 2.01. The van der Waals surface area contributed by atoms with Crippen LogP contribution in [0.5, 0.6) is 0 Å². The molecule has 0 saturated heterocycles. The average Bonchev–Trinajstić information content (AvgIpc) is 3.08. The van der Waals surface area contributed by atoms with Crippen LogP contribution in [0.1, 0.15) is 17.5 Å². The minimum atomic E-state index is -0.644. The van der Waals surface area contributed by atoms with Gasteiger partial charge in [0.2, 0.25) is 0 Å². The second kappa shape index (κ2) is 4.93. The summed E-state index contributed by atoms with van der Waals surface area (Å²) in [5, 5.41) is 4.73. The van der Waals surface area contributed by atoms with E-state index < -0.39 is 5.97 Å². The Hall–Kier alpha value is -2.41. The first-order valence-electron chi connectivity index (χ1n) is 5.83. The van der Waals surface area contributed by atoms with E-state index in [-0.39, 0.29) is 18.3 Å². The van der Waals surface area contributed by atoms with Crippen LogP contribution in [0.2, 0.25) is 5.02 Å². The van der Waals surface area contributed by atoms with E-state index in [0.717, 1.165) is 5.39 Å². The maximum absolute atomic E-state index is 11.5. The number of nitrogens with zero attached hydrogens (tertiary/aromatic N) is 3. The Bertz CT molecular complexity index is 780. The number of aromatic nitrogens is 4. The SMILES string of the molecule is CCOC(=O)c1noc(-c2cnc3[nH]ccc3c2Cl)n1. The molecule has 0 aliphatic rings. The van der Waals surface area contributed by atoms with Crippen LogP contribution >= 0.6 is 11.6 Å². The highest BCUT2D eigenvalue weighted by Gasteiger charge is 2.19. The number of aromatic amines is 1. The standard InChI is InChI=1S/C12H9ClN4O3/c1-2-19-12(18)10-16-11(20-17-10)7-5-15-9-6(8(7)13)3-4-14-9/h3-5H,2H2,1H3,(H,14,15). The molecule has 0 aromatic carbocycles. The van der Waals surface area contributed by atoms with Crippen molar-refractivity contribution in [3.63, 3.8) is 0 Å². The molecule has 0 saturated carbocycles. The van der Waals surface area contributed by atoms with Gasteiger partial charge in [0, 0.05) is 17.8 Å². The number of carbonyl (C=O) groups excluding carboxylic acids is 1. The van der Waals surface area contributed by atoms with Gasteiger partial charge in [0.05, 0.1) is 17.2 Å². The van der Waals surface area contributed by atoms with Gasteiger partial charge in [-0.15, -0.1) is 0 Å². The van der Waals surface area contributed by atoms with Crippen molar-refractivity contribution in [3.05, 3.63) is 29.3 Å². The van der Waals surface area contributed by atoms with Crippen LogP contribution in [-0.2, 0) is 4.74 Å². The summed E-state index contributed by atoms with van der Waals surface area (Å²) in [6.07, 6.45) is 3.23. The number of H-pyrrole nitrogens is 1. The van der Waals surface area contributed by atoms with Gasteiger partial charge < -0.3 is 14.2 Å². The molecule has 8 heteroatoms. The summed E-state index contributed by atoms with van der Waals surface area (Å²) >= 11 is 6.26. The summed E-state index contributed by atoms with van der Waals surface area (Å²) < 4.78 is 9.82. The van der Waals surface area contributed by atoms with Crippen LogP contribution in [0.4, 0.5) is 0 Å². The molecule has 3 aromatic heterocycles. The molecule has 0 aliphatic heterocycles. The summed E-state index contributed by atoms with van der Waals surface area (Å²) in [6.45, 7) is 1.93. The quantitative estimate of drug-likeness (QED) is 0.745. The van der Waals surface area contributed by atoms with Crippen molar-refractivity contribution in [1.29, 1.82) is 0 Å². The topological polar surface area (TPSA) is 93.9 Å². The fourth-order valence-electron chi connectivity index (χ4n) is 1.74. The molecule has 0 amide bonds. The Morgan fingerprint density at radius 2 is 2.40 bits per heavy atom. The number of hydrogen-bond donors (Lipinski definition) is 1. The van der Waals surface area contributed by atoms with E-state index in [9.17, 15) is 4.79 Å². The number of carbonyl (C=O) groups is 1. The first-order chi connectivity index (χ1) is 9.70. The first kappa shape index (κ1) is 12.6. The highest BCUT2D eigenvalue weighted by atomic mass is 35.5. The third-order valence-corrected chi connectivity index (χ3v) is 3.04. The van der Waals surface area contributed by atoms with Crippen molar-refractivity contribution >= 4 is 28.6 Å². The zero-order chi connectivity index (χ0) is 14.1. The highest BCUT2D eigenvalue weighted by Crippen LogP contribution is 2.31. The minimum Gasteiger partial charge on any atom is -0.460 e. The molecule has 0 atom stereocenters. The average molecular weight is 293 g/mol. The van der Waals surface area contributed by atoms with Crippen molar-refractivity contribution in [2.24, 2.45) is 0 Å². The lowest BCUT2D eigenvalue weighted by Crippen LogP contribution is -2.06. The first-order valence-corrected chi connectivity index (χ1v) is 6.21. The monoisotopic (exact) mass is 292 g/mol. The maximum atomic E-state index is 11.5. The van der Waals surface area contributed by atoms with E-state index in [1.165, 1.54) is 6.20 Å². The van der Waals surface area contributed by atoms with Gasteiger partial charge >= 0.3 is 5.97 Å². The molecule has 3 rings (SSSR count). The Morgan fingerprint density at radius 1 is 1.55 bits per heavy atom. The van der Waals surface area contributed by atoms with Crippen molar-refractivity contribution < 1.29 is 14.1 Å². The van der Waals surface area contributed by atoms with E-state index >= 15 is 0 Å². The van der Waals surface area contributed by atoms with Gasteiger partial charge in [-0.25, -0.2) is 9.78 Å². The predicted molar refractivity (Wildman–Crippen MR) is 70.4 cm³/mol. The van der Waals surface area contributed by atoms with E-state index in [0.29, 0.717) is 16.2 Å². The lowest BCUT2D eigenvalue weighted by molar-refractivity contribution is 0.0508. The number of ether oxygens (including phenoxy) is 1. The number of hydrogen-bond acceptors (Lipinski definition) is 6. The van der Waals surface area contributed by atoms with Gasteiger partial charge in [-0.2, -0.15) is 4.98 Å². The minimum absolute atomic E-state index is 0.119. The smallest absolute Gasteiger partial charge is 0.379 e. The molecule has 3 aromatic rings. The molecular formula is C12H9ClN4O3. The fourth-order valence-corrected chi connectivity index (χ4v) is 2.02. The molecule has 0 bridgehead atoms. The van der Waals surface area contributed by atoms with E-state index in [2.05, 4.69) is 20.1 Å². The van der Waals surface area contributed by atoms with Crippen LogP contribution < -0.4 is 0 Å². The number of fused-ring (bicyclic) bond motifs is 1. The van der Waals surface area contributed by atoms with Crippen molar-refractivity contribution in [2.45, 2.75) is 6.92 Å². The number of halogens is 1. The van der Waals surface area contributed by atoms with Crippen molar-refractivity contribution in [2.75, 3.05) is 6.61 Å². The predicted octanol–water partition coefficient (Wildman–Crippen LogP) is 2.44. The number of rotatable bonds is 3. The van der Waals surface area contributed by atoms with Gasteiger partial charge in [0.25, 0.3) is 11.7 Å². The molecule has 0 fully saturated rings. The molecule has 20 heavy (non-hydrogen) atoms. The number of nitrogens with one attached hydrogen (secondary N) is 1. The second-order valence-electron chi connectivity index (χ2n) is 3.87. The van der Waals surface area contributed by atoms with Gasteiger partial charge in [0.1, 0.15) is 5.65 Å². The number of pyridine rings is 1. The fraction of sp³-hybridized carbons (Fsp3) is 0.167. The van der Waals surface area contributed by atoms with Gasteiger partial charge in [0.15, 0.2) is 0 Å². The van der Waals surface area contributed by atoms with Crippen LogP contribution in [-0.4, -0.2) is 32.7 Å². The van der Waals surface area contributed by atoms with Crippen LogP contribution in [0.15, 0.2) is 23.0 Å². The van der Waals surface area contributed by atoms with Crippen molar-refractivity contribution in [3.8, 4) is 11.5 Å². The van der Waals surface area contributed by atoms with Gasteiger partial charge in [-0.1, -0.05) is 11.6 Å². The number of esters is 1. The lowest BCUT2D eigenvalue weighted by atomic mass is 10.2.